The van der Waals surface area contributed by atoms with Gasteiger partial charge in [0.15, 0.2) is 0 Å². The summed E-state index contributed by atoms with van der Waals surface area (Å²) in [5.74, 6) is -0.942. The van der Waals surface area contributed by atoms with E-state index in [1.165, 1.54) is 11.3 Å². The van der Waals surface area contributed by atoms with E-state index in [4.69, 9.17) is 5.11 Å². The van der Waals surface area contributed by atoms with E-state index < -0.39 is 5.97 Å². The zero-order chi connectivity index (χ0) is 16.3. The van der Waals surface area contributed by atoms with Crippen LogP contribution in [0, 0.1) is 0 Å². The Hall–Kier alpha value is -1.47. The van der Waals surface area contributed by atoms with Gasteiger partial charge in [-0.05, 0) is 12.8 Å². The lowest BCUT2D eigenvalue weighted by molar-refractivity contribution is -0.138. The van der Waals surface area contributed by atoms with E-state index in [0.29, 0.717) is 18.8 Å². The van der Waals surface area contributed by atoms with Gasteiger partial charge in [0.1, 0.15) is 5.69 Å². The highest BCUT2D eigenvalue weighted by Crippen LogP contribution is 2.25. The van der Waals surface area contributed by atoms with E-state index in [-0.39, 0.29) is 23.9 Å². The molecule has 1 aromatic heterocycles. The van der Waals surface area contributed by atoms with Crippen LogP contribution < -0.4 is 5.32 Å². The molecular formula is C15H23N3O3S. The number of carbonyl (C=O) groups excluding carboxylic acids is 1. The first-order valence-corrected chi connectivity index (χ1v) is 8.34. The second-order valence-corrected chi connectivity index (χ2v) is 7.56. The lowest BCUT2D eigenvalue weighted by Crippen LogP contribution is -2.46. The van der Waals surface area contributed by atoms with Crippen molar-refractivity contribution in [3.63, 3.8) is 0 Å². The SMILES string of the molecule is CC(C)(C)c1nc(C(=O)NC2CCN(CC(=O)O)CC2)cs1. The van der Waals surface area contributed by atoms with Crippen molar-refractivity contribution in [2.24, 2.45) is 0 Å². The van der Waals surface area contributed by atoms with Crippen molar-refractivity contribution < 1.29 is 14.7 Å². The van der Waals surface area contributed by atoms with E-state index >= 15 is 0 Å². The molecule has 0 saturated carbocycles. The van der Waals surface area contributed by atoms with Gasteiger partial charge < -0.3 is 10.4 Å². The highest BCUT2D eigenvalue weighted by molar-refractivity contribution is 7.10. The molecule has 1 aromatic rings. The van der Waals surface area contributed by atoms with E-state index in [1.807, 2.05) is 4.90 Å². The summed E-state index contributed by atoms with van der Waals surface area (Å²) in [6.45, 7) is 7.69. The number of carboxylic acid groups (broad SMARTS) is 1. The summed E-state index contributed by atoms with van der Waals surface area (Å²) in [7, 11) is 0. The third-order valence-electron chi connectivity index (χ3n) is 3.66. The zero-order valence-electron chi connectivity index (χ0n) is 13.3. The fourth-order valence-corrected chi connectivity index (χ4v) is 3.30. The van der Waals surface area contributed by atoms with Crippen LogP contribution in [-0.4, -0.2) is 52.5 Å². The van der Waals surface area contributed by atoms with Gasteiger partial charge in [-0.1, -0.05) is 20.8 Å². The van der Waals surface area contributed by atoms with Crippen molar-refractivity contribution >= 4 is 23.2 Å². The van der Waals surface area contributed by atoms with Gasteiger partial charge in [-0.3, -0.25) is 14.5 Å². The molecule has 0 aliphatic carbocycles. The Morgan fingerprint density at radius 3 is 2.55 bits per heavy atom. The maximum Gasteiger partial charge on any atom is 0.317 e. The molecule has 1 amide bonds. The Labute approximate surface area is 134 Å². The maximum absolute atomic E-state index is 12.2. The minimum absolute atomic E-state index is 0.0502. The molecule has 2 N–H and O–H groups in total. The fraction of sp³-hybridized carbons (Fsp3) is 0.667. The highest BCUT2D eigenvalue weighted by atomic mass is 32.1. The number of amides is 1. The average molecular weight is 325 g/mol. The number of hydrogen-bond acceptors (Lipinski definition) is 5. The Morgan fingerprint density at radius 2 is 2.05 bits per heavy atom. The number of nitrogens with zero attached hydrogens (tertiary/aromatic N) is 2. The van der Waals surface area contributed by atoms with Gasteiger partial charge in [0.2, 0.25) is 0 Å². The molecule has 1 aliphatic rings. The number of piperidine rings is 1. The second kappa shape index (κ2) is 6.75. The quantitative estimate of drug-likeness (QED) is 0.881. The van der Waals surface area contributed by atoms with Crippen LogP contribution in [0.5, 0.6) is 0 Å². The Balaban J connectivity index is 1.86. The Morgan fingerprint density at radius 1 is 1.41 bits per heavy atom. The number of thiazole rings is 1. The third-order valence-corrected chi connectivity index (χ3v) is 4.93. The molecule has 1 fully saturated rings. The van der Waals surface area contributed by atoms with Gasteiger partial charge in [0.05, 0.1) is 11.6 Å². The topological polar surface area (TPSA) is 82.5 Å². The molecule has 122 valence electrons. The van der Waals surface area contributed by atoms with Crippen molar-refractivity contribution in [1.82, 2.24) is 15.2 Å². The standard InChI is InChI=1S/C15H23N3O3S/c1-15(2,3)14-17-11(9-22-14)13(21)16-10-4-6-18(7-5-10)8-12(19)20/h9-10H,4-8H2,1-3H3,(H,16,21)(H,19,20). The van der Waals surface area contributed by atoms with Crippen molar-refractivity contribution in [2.45, 2.75) is 45.1 Å². The van der Waals surface area contributed by atoms with Crippen molar-refractivity contribution in [3.05, 3.63) is 16.1 Å². The fourth-order valence-electron chi connectivity index (χ4n) is 2.41. The number of nitrogens with one attached hydrogen (secondary N) is 1. The first-order valence-electron chi connectivity index (χ1n) is 7.46. The van der Waals surface area contributed by atoms with Gasteiger partial charge >= 0.3 is 5.97 Å². The predicted molar refractivity (Wildman–Crippen MR) is 85.4 cm³/mol. The molecule has 2 heterocycles. The summed E-state index contributed by atoms with van der Waals surface area (Å²) < 4.78 is 0. The molecule has 2 rings (SSSR count). The third kappa shape index (κ3) is 4.51. The molecule has 0 atom stereocenters. The molecular weight excluding hydrogens is 302 g/mol. The van der Waals surface area contributed by atoms with Crippen LogP contribution in [-0.2, 0) is 10.2 Å². The molecule has 0 aromatic carbocycles. The number of rotatable bonds is 4. The Kier molecular flexibility index (Phi) is 5.18. The van der Waals surface area contributed by atoms with Crippen molar-refractivity contribution in [2.75, 3.05) is 19.6 Å². The minimum atomic E-state index is -0.806. The average Bonchev–Trinajstić information content (AvgIpc) is 2.90. The van der Waals surface area contributed by atoms with Crippen LogP contribution in [0.15, 0.2) is 5.38 Å². The monoisotopic (exact) mass is 325 g/mol. The van der Waals surface area contributed by atoms with Gasteiger partial charge in [-0.25, -0.2) is 4.98 Å². The molecule has 1 aliphatic heterocycles. The van der Waals surface area contributed by atoms with Gasteiger partial charge in [-0.15, -0.1) is 11.3 Å². The molecule has 22 heavy (non-hydrogen) atoms. The number of aliphatic carboxylic acids is 1. The smallest absolute Gasteiger partial charge is 0.317 e. The molecule has 0 unspecified atom stereocenters. The maximum atomic E-state index is 12.2. The van der Waals surface area contributed by atoms with Gasteiger partial charge in [-0.2, -0.15) is 0 Å². The van der Waals surface area contributed by atoms with Crippen molar-refractivity contribution in [3.8, 4) is 0 Å². The normalized spacial score (nSPS) is 17.4. The van der Waals surface area contributed by atoms with E-state index in [9.17, 15) is 9.59 Å². The predicted octanol–water partition coefficient (Wildman–Crippen LogP) is 1.72. The van der Waals surface area contributed by atoms with Crippen LogP contribution in [0.1, 0.15) is 49.1 Å². The van der Waals surface area contributed by atoms with Crippen LogP contribution in [0.25, 0.3) is 0 Å². The van der Waals surface area contributed by atoms with E-state index in [0.717, 1.165) is 17.8 Å². The minimum Gasteiger partial charge on any atom is -0.480 e. The van der Waals surface area contributed by atoms with Crippen LogP contribution in [0.2, 0.25) is 0 Å². The summed E-state index contributed by atoms with van der Waals surface area (Å²) in [5.41, 5.74) is 0.425. The molecule has 1 saturated heterocycles. The molecule has 0 bridgehead atoms. The number of aromatic nitrogens is 1. The lowest BCUT2D eigenvalue weighted by atomic mass is 9.98. The largest absolute Gasteiger partial charge is 0.480 e. The lowest BCUT2D eigenvalue weighted by Gasteiger charge is -2.31. The first kappa shape index (κ1) is 16.9. The van der Waals surface area contributed by atoms with Crippen LogP contribution >= 0.6 is 11.3 Å². The summed E-state index contributed by atoms with van der Waals surface area (Å²) in [6, 6.07) is 0.0948. The van der Waals surface area contributed by atoms with Crippen molar-refractivity contribution in [1.29, 1.82) is 0 Å². The second-order valence-electron chi connectivity index (χ2n) is 6.71. The first-order chi connectivity index (χ1) is 10.3. The van der Waals surface area contributed by atoms with E-state index in [1.54, 1.807) is 5.38 Å². The van der Waals surface area contributed by atoms with Gasteiger partial charge in [0.25, 0.3) is 5.91 Å². The van der Waals surface area contributed by atoms with Crippen LogP contribution in [0.3, 0.4) is 0 Å². The number of carboxylic acids is 1. The Bertz CT molecular complexity index is 542. The molecule has 0 radical (unpaired) electrons. The van der Waals surface area contributed by atoms with Gasteiger partial charge in [0, 0.05) is 29.9 Å². The number of carbonyl (C=O) groups is 2. The summed E-state index contributed by atoms with van der Waals surface area (Å²) in [6.07, 6.45) is 1.55. The highest BCUT2D eigenvalue weighted by Gasteiger charge is 2.24. The zero-order valence-corrected chi connectivity index (χ0v) is 14.1. The summed E-state index contributed by atoms with van der Waals surface area (Å²) in [5, 5.41) is 14.5. The van der Waals surface area contributed by atoms with Crippen LogP contribution in [0.4, 0.5) is 0 Å². The molecule has 7 heteroatoms. The number of hydrogen-bond donors (Lipinski definition) is 2. The number of likely N-dealkylation sites (tertiary alicyclic amines) is 1. The molecule has 0 spiro atoms. The molecule has 6 nitrogen and oxygen atoms in total. The van der Waals surface area contributed by atoms with E-state index in [2.05, 4.69) is 31.1 Å². The summed E-state index contributed by atoms with van der Waals surface area (Å²) in [4.78, 5) is 29.2. The summed E-state index contributed by atoms with van der Waals surface area (Å²) >= 11 is 1.51.